The Bertz CT molecular complexity index is 610. The quantitative estimate of drug-likeness (QED) is 0.929. The van der Waals surface area contributed by atoms with Crippen molar-refractivity contribution >= 4 is 0 Å². The van der Waals surface area contributed by atoms with E-state index in [2.05, 4.69) is 29.2 Å². The second kappa shape index (κ2) is 5.63. The predicted octanol–water partition coefficient (Wildman–Crippen LogP) is 3.34. The average Bonchev–Trinajstić information content (AvgIpc) is 2.47. The number of aliphatic hydroxyl groups is 1. The van der Waals surface area contributed by atoms with E-state index in [9.17, 15) is 5.11 Å². The predicted molar refractivity (Wildman–Crippen MR) is 77.6 cm³/mol. The monoisotopic (exact) mass is 269 g/mol. The third kappa shape index (κ3) is 2.68. The Morgan fingerprint density at radius 3 is 3.00 bits per heavy atom. The highest BCUT2D eigenvalue weighted by Crippen LogP contribution is 2.33. The number of aliphatic hydroxyl groups excluding tert-OH is 1. The van der Waals surface area contributed by atoms with Gasteiger partial charge < -0.3 is 9.84 Å². The first kappa shape index (κ1) is 13.1. The van der Waals surface area contributed by atoms with Gasteiger partial charge in [0, 0.05) is 11.8 Å². The van der Waals surface area contributed by atoms with Crippen molar-refractivity contribution in [1.29, 1.82) is 0 Å². The van der Waals surface area contributed by atoms with E-state index in [1.54, 1.807) is 0 Å². The van der Waals surface area contributed by atoms with E-state index in [0.717, 1.165) is 30.5 Å². The standard InChI is InChI=1S/C17H19NO2/c1-12-9-13(11-19)10-17(18-12)20-16-8-4-6-14-5-2-3-7-15(14)16/h2-3,5,7,9-10,16,19H,4,6,8,11H2,1H3. The number of hydrogen-bond acceptors (Lipinski definition) is 3. The molecule has 0 saturated carbocycles. The largest absolute Gasteiger partial charge is 0.469 e. The SMILES string of the molecule is Cc1cc(CO)cc(OC2CCCc3ccccc32)n1. The molecule has 1 atom stereocenters. The van der Waals surface area contributed by atoms with Gasteiger partial charge in [0.05, 0.1) is 6.61 Å². The summed E-state index contributed by atoms with van der Waals surface area (Å²) in [5.74, 6) is 0.607. The molecule has 1 heterocycles. The maximum absolute atomic E-state index is 9.27. The lowest BCUT2D eigenvalue weighted by atomic mass is 9.89. The smallest absolute Gasteiger partial charge is 0.214 e. The number of benzene rings is 1. The van der Waals surface area contributed by atoms with E-state index in [1.165, 1.54) is 11.1 Å². The summed E-state index contributed by atoms with van der Waals surface area (Å²) in [5.41, 5.74) is 4.36. The van der Waals surface area contributed by atoms with Gasteiger partial charge in [0.1, 0.15) is 6.10 Å². The van der Waals surface area contributed by atoms with E-state index < -0.39 is 0 Å². The highest BCUT2D eigenvalue weighted by molar-refractivity contribution is 5.32. The Hall–Kier alpha value is -1.87. The molecule has 0 saturated heterocycles. The zero-order valence-corrected chi connectivity index (χ0v) is 11.7. The van der Waals surface area contributed by atoms with Gasteiger partial charge in [-0.2, -0.15) is 0 Å². The lowest BCUT2D eigenvalue weighted by molar-refractivity contribution is 0.174. The minimum atomic E-state index is 0.0149. The third-order valence-corrected chi connectivity index (χ3v) is 3.75. The van der Waals surface area contributed by atoms with Crippen LogP contribution in [0.1, 0.15) is 41.3 Å². The molecule has 2 aromatic rings. The number of rotatable bonds is 3. The first-order valence-corrected chi connectivity index (χ1v) is 7.09. The highest BCUT2D eigenvalue weighted by atomic mass is 16.5. The number of ether oxygens (including phenoxy) is 1. The van der Waals surface area contributed by atoms with Crippen molar-refractivity contribution in [2.75, 3.05) is 0 Å². The molecule has 3 nitrogen and oxygen atoms in total. The maximum atomic E-state index is 9.27. The fourth-order valence-corrected chi connectivity index (χ4v) is 2.84. The summed E-state index contributed by atoms with van der Waals surface area (Å²) in [4.78, 5) is 4.42. The van der Waals surface area contributed by atoms with E-state index in [1.807, 2.05) is 19.1 Å². The first-order chi connectivity index (χ1) is 9.76. The summed E-state index contributed by atoms with van der Waals surface area (Å²) in [5, 5.41) is 9.27. The number of fused-ring (bicyclic) bond motifs is 1. The minimum absolute atomic E-state index is 0.0149. The van der Waals surface area contributed by atoms with Crippen molar-refractivity contribution in [1.82, 2.24) is 4.98 Å². The van der Waals surface area contributed by atoms with E-state index in [0.29, 0.717) is 5.88 Å². The van der Waals surface area contributed by atoms with Crippen molar-refractivity contribution in [3.8, 4) is 5.88 Å². The van der Waals surface area contributed by atoms with Crippen LogP contribution >= 0.6 is 0 Å². The Morgan fingerprint density at radius 2 is 2.15 bits per heavy atom. The molecule has 0 amide bonds. The molecule has 104 valence electrons. The van der Waals surface area contributed by atoms with Gasteiger partial charge >= 0.3 is 0 Å². The van der Waals surface area contributed by atoms with Gasteiger partial charge in [0.15, 0.2) is 0 Å². The first-order valence-electron chi connectivity index (χ1n) is 7.09. The molecule has 1 aromatic carbocycles. The highest BCUT2D eigenvalue weighted by Gasteiger charge is 2.21. The molecular formula is C17H19NO2. The molecule has 1 aromatic heterocycles. The van der Waals surface area contributed by atoms with Gasteiger partial charge in [0.25, 0.3) is 0 Å². The van der Waals surface area contributed by atoms with Crippen LogP contribution in [-0.2, 0) is 13.0 Å². The summed E-state index contributed by atoms with van der Waals surface area (Å²) in [7, 11) is 0. The summed E-state index contributed by atoms with van der Waals surface area (Å²) in [6, 6.07) is 12.2. The molecule has 1 unspecified atom stereocenters. The Kier molecular flexibility index (Phi) is 3.70. The van der Waals surface area contributed by atoms with Gasteiger partial charge in [-0.05, 0) is 48.9 Å². The molecule has 1 N–H and O–H groups in total. The van der Waals surface area contributed by atoms with Crippen LogP contribution in [0, 0.1) is 6.92 Å². The fraction of sp³-hybridized carbons (Fsp3) is 0.353. The number of pyridine rings is 1. The van der Waals surface area contributed by atoms with Crippen LogP contribution < -0.4 is 4.74 Å². The molecule has 0 spiro atoms. The Morgan fingerprint density at radius 1 is 1.30 bits per heavy atom. The van der Waals surface area contributed by atoms with Gasteiger partial charge in [-0.15, -0.1) is 0 Å². The van der Waals surface area contributed by atoms with Crippen LogP contribution in [0.3, 0.4) is 0 Å². The van der Waals surface area contributed by atoms with E-state index in [4.69, 9.17) is 4.74 Å². The van der Waals surface area contributed by atoms with Crippen molar-refractivity contribution in [3.63, 3.8) is 0 Å². The van der Waals surface area contributed by atoms with Crippen LogP contribution in [0.5, 0.6) is 5.88 Å². The van der Waals surface area contributed by atoms with Crippen molar-refractivity contribution in [3.05, 3.63) is 58.8 Å². The second-order valence-electron chi connectivity index (χ2n) is 5.31. The Labute approximate surface area is 119 Å². The van der Waals surface area contributed by atoms with Gasteiger partial charge in [-0.25, -0.2) is 4.98 Å². The van der Waals surface area contributed by atoms with Crippen LogP contribution in [0.25, 0.3) is 0 Å². The van der Waals surface area contributed by atoms with Gasteiger partial charge in [-0.3, -0.25) is 0 Å². The summed E-state index contributed by atoms with van der Waals surface area (Å²) in [6.07, 6.45) is 3.35. The van der Waals surface area contributed by atoms with Crippen LogP contribution in [0.15, 0.2) is 36.4 Å². The third-order valence-electron chi connectivity index (χ3n) is 3.75. The number of nitrogens with zero attached hydrogens (tertiary/aromatic N) is 1. The molecule has 3 heteroatoms. The molecular weight excluding hydrogens is 250 g/mol. The summed E-state index contributed by atoms with van der Waals surface area (Å²) in [6.45, 7) is 1.93. The fourth-order valence-electron chi connectivity index (χ4n) is 2.84. The van der Waals surface area contributed by atoms with E-state index in [-0.39, 0.29) is 12.7 Å². The normalized spacial score (nSPS) is 17.6. The average molecular weight is 269 g/mol. The lowest BCUT2D eigenvalue weighted by Crippen LogP contribution is -2.15. The molecule has 0 fully saturated rings. The van der Waals surface area contributed by atoms with Crippen LogP contribution in [0.2, 0.25) is 0 Å². The molecule has 20 heavy (non-hydrogen) atoms. The number of hydrogen-bond donors (Lipinski definition) is 1. The lowest BCUT2D eigenvalue weighted by Gasteiger charge is -2.26. The number of aryl methyl sites for hydroxylation is 2. The van der Waals surface area contributed by atoms with Crippen molar-refractivity contribution in [2.45, 2.75) is 38.9 Å². The van der Waals surface area contributed by atoms with Gasteiger partial charge in [-0.1, -0.05) is 24.3 Å². The van der Waals surface area contributed by atoms with Gasteiger partial charge in [0.2, 0.25) is 5.88 Å². The van der Waals surface area contributed by atoms with Crippen LogP contribution in [0.4, 0.5) is 0 Å². The van der Waals surface area contributed by atoms with Crippen molar-refractivity contribution < 1.29 is 9.84 Å². The maximum Gasteiger partial charge on any atom is 0.214 e. The molecule has 1 aliphatic rings. The number of aromatic nitrogens is 1. The molecule has 0 aliphatic heterocycles. The topological polar surface area (TPSA) is 42.4 Å². The Balaban J connectivity index is 1.87. The summed E-state index contributed by atoms with van der Waals surface area (Å²) < 4.78 is 6.08. The zero-order valence-electron chi connectivity index (χ0n) is 11.7. The molecule has 0 bridgehead atoms. The second-order valence-corrected chi connectivity index (χ2v) is 5.31. The van der Waals surface area contributed by atoms with E-state index >= 15 is 0 Å². The molecule has 3 rings (SSSR count). The van der Waals surface area contributed by atoms with Crippen LogP contribution in [-0.4, -0.2) is 10.1 Å². The molecule has 1 aliphatic carbocycles. The zero-order chi connectivity index (χ0) is 13.9. The molecule has 0 radical (unpaired) electrons. The van der Waals surface area contributed by atoms with Crippen molar-refractivity contribution in [2.24, 2.45) is 0 Å². The minimum Gasteiger partial charge on any atom is -0.469 e. The summed E-state index contributed by atoms with van der Waals surface area (Å²) >= 11 is 0.